The summed E-state index contributed by atoms with van der Waals surface area (Å²) in [5.41, 5.74) is 1.28. The van der Waals surface area contributed by atoms with Crippen LogP contribution in [0.2, 0.25) is 0 Å². The Hall–Kier alpha value is -2.49. The number of phenols is 1. The number of aromatic hydroxyl groups is 1. The van der Waals surface area contributed by atoms with Crippen molar-refractivity contribution in [3.63, 3.8) is 0 Å². The largest absolute Gasteiger partial charge is 0.508 e. The zero-order chi connectivity index (χ0) is 14.4. The fraction of sp³-hybridized carbons (Fsp3) is 0.188. The molecule has 0 unspecified atom stereocenters. The Bertz CT molecular complexity index is 596. The molecule has 20 heavy (non-hydrogen) atoms. The SMILES string of the molecule is CCOc1cccc(NC(=O)Cc2ccccc2O)c1. The molecule has 0 atom stereocenters. The van der Waals surface area contributed by atoms with E-state index in [4.69, 9.17) is 4.74 Å². The lowest BCUT2D eigenvalue weighted by Gasteiger charge is -2.08. The Kier molecular flexibility index (Phi) is 4.60. The third-order valence-corrected chi connectivity index (χ3v) is 2.77. The molecule has 4 nitrogen and oxygen atoms in total. The summed E-state index contributed by atoms with van der Waals surface area (Å²) in [6, 6.07) is 14.0. The summed E-state index contributed by atoms with van der Waals surface area (Å²) in [5.74, 6) is 0.665. The molecule has 0 aliphatic rings. The van der Waals surface area contributed by atoms with Crippen LogP contribution in [0.3, 0.4) is 0 Å². The van der Waals surface area contributed by atoms with E-state index in [1.165, 1.54) is 0 Å². The van der Waals surface area contributed by atoms with E-state index in [2.05, 4.69) is 5.32 Å². The third kappa shape index (κ3) is 3.75. The topological polar surface area (TPSA) is 58.6 Å². The van der Waals surface area contributed by atoms with Crippen LogP contribution in [0.4, 0.5) is 5.69 Å². The zero-order valence-corrected chi connectivity index (χ0v) is 11.3. The molecule has 0 heterocycles. The number of anilines is 1. The van der Waals surface area contributed by atoms with Crippen molar-refractivity contribution in [2.24, 2.45) is 0 Å². The van der Waals surface area contributed by atoms with Crippen molar-refractivity contribution in [3.8, 4) is 11.5 Å². The number of ether oxygens (including phenoxy) is 1. The van der Waals surface area contributed by atoms with Gasteiger partial charge in [-0.3, -0.25) is 4.79 Å². The molecule has 2 N–H and O–H groups in total. The van der Waals surface area contributed by atoms with E-state index >= 15 is 0 Å². The second-order valence-corrected chi connectivity index (χ2v) is 4.31. The smallest absolute Gasteiger partial charge is 0.228 e. The second kappa shape index (κ2) is 6.61. The van der Waals surface area contributed by atoms with Crippen LogP contribution in [-0.4, -0.2) is 17.6 Å². The molecule has 0 aliphatic carbocycles. The molecule has 2 aromatic carbocycles. The number of benzene rings is 2. The molecule has 4 heteroatoms. The molecule has 0 aromatic heterocycles. The van der Waals surface area contributed by atoms with Gasteiger partial charge in [-0.25, -0.2) is 0 Å². The maximum Gasteiger partial charge on any atom is 0.228 e. The molecule has 0 spiro atoms. The van der Waals surface area contributed by atoms with Crippen molar-refractivity contribution in [2.75, 3.05) is 11.9 Å². The van der Waals surface area contributed by atoms with Gasteiger partial charge in [0.1, 0.15) is 11.5 Å². The standard InChI is InChI=1S/C16H17NO3/c1-2-20-14-8-5-7-13(11-14)17-16(19)10-12-6-3-4-9-15(12)18/h3-9,11,18H,2,10H2,1H3,(H,17,19). The van der Waals surface area contributed by atoms with E-state index in [1.54, 1.807) is 36.4 Å². The molecule has 2 rings (SSSR count). The minimum Gasteiger partial charge on any atom is -0.508 e. The third-order valence-electron chi connectivity index (χ3n) is 2.77. The molecule has 0 saturated carbocycles. The highest BCUT2D eigenvalue weighted by Gasteiger charge is 2.07. The monoisotopic (exact) mass is 271 g/mol. The predicted molar refractivity (Wildman–Crippen MR) is 78.1 cm³/mol. The van der Waals surface area contributed by atoms with Crippen LogP contribution in [0.25, 0.3) is 0 Å². The molecule has 0 radical (unpaired) electrons. The average Bonchev–Trinajstić information content (AvgIpc) is 2.42. The van der Waals surface area contributed by atoms with Gasteiger partial charge < -0.3 is 15.2 Å². The van der Waals surface area contributed by atoms with Crippen molar-refractivity contribution in [2.45, 2.75) is 13.3 Å². The lowest BCUT2D eigenvalue weighted by atomic mass is 10.1. The maximum absolute atomic E-state index is 11.9. The molecule has 0 saturated heterocycles. The minimum atomic E-state index is -0.180. The van der Waals surface area contributed by atoms with Crippen LogP contribution < -0.4 is 10.1 Å². The van der Waals surface area contributed by atoms with Crippen LogP contribution >= 0.6 is 0 Å². The summed E-state index contributed by atoms with van der Waals surface area (Å²) in [5, 5.41) is 12.4. The average molecular weight is 271 g/mol. The van der Waals surface area contributed by atoms with Gasteiger partial charge in [0.2, 0.25) is 5.91 Å². The van der Waals surface area contributed by atoms with Gasteiger partial charge in [-0.15, -0.1) is 0 Å². The Morgan fingerprint density at radius 1 is 1.20 bits per heavy atom. The zero-order valence-electron chi connectivity index (χ0n) is 11.3. The molecular formula is C16H17NO3. The van der Waals surface area contributed by atoms with Gasteiger partial charge in [0.05, 0.1) is 13.0 Å². The van der Waals surface area contributed by atoms with Gasteiger partial charge in [-0.2, -0.15) is 0 Å². The second-order valence-electron chi connectivity index (χ2n) is 4.31. The van der Waals surface area contributed by atoms with Gasteiger partial charge in [0.25, 0.3) is 0 Å². The summed E-state index contributed by atoms with van der Waals surface area (Å²) in [7, 11) is 0. The molecule has 1 amide bonds. The molecule has 0 fully saturated rings. The van der Waals surface area contributed by atoms with E-state index < -0.39 is 0 Å². The minimum absolute atomic E-state index is 0.130. The van der Waals surface area contributed by atoms with E-state index in [9.17, 15) is 9.90 Å². The molecule has 0 bridgehead atoms. The van der Waals surface area contributed by atoms with Gasteiger partial charge in [0.15, 0.2) is 0 Å². The van der Waals surface area contributed by atoms with E-state index in [0.717, 1.165) is 0 Å². The number of carbonyl (C=O) groups excluding carboxylic acids is 1. The van der Waals surface area contributed by atoms with Crippen molar-refractivity contribution in [1.29, 1.82) is 0 Å². The van der Waals surface area contributed by atoms with Gasteiger partial charge in [-0.1, -0.05) is 24.3 Å². The molecule has 0 aliphatic heterocycles. The van der Waals surface area contributed by atoms with Crippen LogP contribution in [0, 0.1) is 0 Å². The Balaban J connectivity index is 2.01. The summed E-state index contributed by atoms with van der Waals surface area (Å²) in [6.45, 7) is 2.48. The first-order valence-corrected chi connectivity index (χ1v) is 6.48. The number of phenolic OH excluding ortho intramolecular Hbond substituents is 1. The van der Waals surface area contributed by atoms with Crippen LogP contribution in [0.1, 0.15) is 12.5 Å². The number of carbonyl (C=O) groups is 1. The highest BCUT2D eigenvalue weighted by Crippen LogP contribution is 2.19. The van der Waals surface area contributed by atoms with Crippen molar-refractivity contribution >= 4 is 11.6 Å². The lowest BCUT2D eigenvalue weighted by Crippen LogP contribution is -2.14. The predicted octanol–water partition coefficient (Wildman–Crippen LogP) is 2.97. The molecule has 104 valence electrons. The Morgan fingerprint density at radius 3 is 2.75 bits per heavy atom. The summed E-state index contributed by atoms with van der Waals surface area (Å²) < 4.78 is 5.37. The first kappa shape index (κ1) is 13.9. The number of para-hydroxylation sites is 1. The van der Waals surface area contributed by atoms with Gasteiger partial charge in [0, 0.05) is 17.3 Å². The highest BCUT2D eigenvalue weighted by molar-refractivity contribution is 5.92. The Labute approximate surface area is 118 Å². The van der Waals surface area contributed by atoms with Gasteiger partial charge >= 0.3 is 0 Å². The van der Waals surface area contributed by atoms with Gasteiger partial charge in [-0.05, 0) is 25.1 Å². The van der Waals surface area contributed by atoms with Crippen molar-refractivity contribution < 1.29 is 14.6 Å². The van der Waals surface area contributed by atoms with Crippen molar-refractivity contribution in [3.05, 3.63) is 54.1 Å². The fourth-order valence-corrected chi connectivity index (χ4v) is 1.87. The van der Waals surface area contributed by atoms with Crippen LogP contribution in [0.5, 0.6) is 11.5 Å². The first-order valence-electron chi connectivity index (χ1n) is 6.48. The van der Waals surface area contributed by atoms with Crippen molar-refractivity contribution in [1.82, 2.24) is 0 Å². The quantitative estimate of drug-likeness (QED) is 0.879. The van der Waals surface area contributed by atoms with E-state index in [0.29, 0.717) is 23.6 Å². The highest BCUT2D eigenvalue weighted by atomic mass is 16.5. The molecule has 2 aromatic rings. The summed E-state index contributed by atoms with van der Waals surface area (Å²) in [4.78, 5) is 11.9. The number of hydrogen-bond donors (Lipinski definition) is 2. The normalized spacial score (nSPS) is 10.1. The number of rotatable bonds is 5. The Morgan fingerprint density at radius 2 is 2.00 bits per heavy atom. The lowest BCUT2D eigenvalue weighted by molar-refractivity contribution is -0.115. The van der Waals surface area contributed by atoms with Crippen LogP contribution in [0.15, 0.2) is 48.5 Å². The first-order chi connectivity index (χ1) is 9.69. The fourth-order valence-electron chi connectivity index (χ4n) is 1.87. The van der Waals surface area contributed by atoms with E-state index in [-0.39, 0.29) is 18.1 Å². The maximum atomic E-state index is 11.9. The molecular weight excluding hydrogens is 254 g/mol. The van der Waals surface area contributed by atoms with E-state index in [1.807, 2.05) is 19.1 Å². The number of amides is 1. The number of nitrogens with one attached hydrogen (secondary N) is 1. The summed E-state index contributed by atoms with van der Waals surface area (Å²) in [6.07, 6.45) is 0.130. The van der Waals surface area contributed by atoms with Crippen LogP contribution in [-0.2, 0) is 11.2 Å². The summed E-state index contributed by atoms with van der Waals surface area (Å²) >= 11 is 0. The number of hydrogen-bond acceptors (Lipinski definition) is 3.